The number of rotatable bonds is 2. The van der Waals surface area contributed by atoms with Crippen molar-refractivity contribution in [3.8, 4) is 0 Å². The van der Waals surface area contributed by atoms with Gasteiger partial charge in [-0.25, -0.2) is 9.97 Å². The van der Waals surface area contributed by atoms with Gasteiger partial charge in [-0.15, -0.1) is 0 Å². The molecule has 1 aromatic rings. The minimum atomic E-state index is 0.0906. The van der Waals surface area contributed by atoms with Crippen molar-refractivity contribution in [2.75, 3.05) is 19.0 Å². The Morgan fingerprint density at radius 3 is 2.87 bits per heavy atom. The van der Waals surface area contributed by atoms with Gasteiger partial charge in [-0.05, 0) is 42.4 Å². The number of halogens is 1. The minimum Gasteiger partial charge on any atom is -0.372 e. The van der Waals surface area contributed by atoms with E-state index in [1.165, 1.54) is 0 Å². The maximum absolute atomic E-state index is 5.58. The number of hydrogen-bond acceptors (Lipinski definition) is 4. The Morgan fingerprint density at radius 2 is 2.27 bits per heavy atom. The summed E-state index contributed by atoms with van der Waals surface area (Å²) in [5, 5.41) is 3.09. The van der Waals surface area contributed by atoms with E-state index in [0.29, 0.717) is 0 Å². The van der Waals surface area contributed by atoms with E-state index in [2.05, 4.69) is 37.9 Å². The molecule has 2 rings (SSSR count). The molecule has 1 aromatic heterocycles. The Hall–Kier alpha value is -0.430. The number of nitrogens with zero attached hydrogens (tertiary/aromatic N) is 2. The summed E-state index contributed by atoms with van der Waals surface area (Å²) < 4.78 is 6.66. The van der Waals surface area contributed by atoms with E-state index in [0.717, 1.165) is 40.4 Å². The first-order valence-electron chi connectivity index (χ1n) is 5.05. The van der Waals surface area contributed by atoms with Crippen LogP contribution in [-0.2, 0) is 4.74 Å². The number of anilines is 1. The number of aromatic nitrogens is 2. The maximum atomic E-state index is 5.58. The van der Waals surface area contributed by atoms with E-state index in [9.17, 15) is 0 Å². The van der Waals surface area contributed by atoms with E-state index >= 15 is 0 Å². The lowest BCUT2D eigenvalue weighted by Gasteiger charge is -2.12. The number of aryl methyl sites for hydroxylation is 1. The molecule has 1 saturated heterocycles. The largest absolute Gasteiger partial charge is 0.372 e. The summed E-state index contributed by atoms with van der Waals surface area (Å²) >= 11 is 2.26. The average molecular weight is 319 g/mol. The number of hydrogen-bond donors (Lipinski definition) is 1. The van der Waals surface area contributed by atoms with Crippen LogP contribution < -0.4 is 5.32 Å². The Morgan fingerprint density at radius 1 is 1.47 bits per heavy atom. The van der Waals surface area contributed by atoms with Crippen LogP contribution in [0.15, 0.2) is 0 Å². The molecule has 1 unspecified atom stereocenters. The van der Waals surface area contributed by atoms with Gasteiger partial charge < -0.3 is 10.1 Å². The summed E-state index contributed by atoms with van der Waals surface area (Å²) in [5.41, 5.74) is 1.01. The lowest BCUT2D eigenvalue weighted by atomic mass is 10.2. The summed E-state index contributed by atoms with van der Waals surface area (Å²) in [6.45, 7) is 2.83. The smallest absolute Gasteiger partial charge is 0.159 e. The molecule has 1 aliphatic heterocycles. The zero-order valence-corrected chi connectivity index (χ0v) is 11.0. The molecule has 1 N–H and O–H groups in total. The van der Waals surface area contributed by atoms with Crippen molar-refractivity contribution in [1.82, 2.24) is 9.97 Å². The molecule has 1 fully saturated rings. The van der Waals surface area contributed by atoms with Crippen LogP contribution in [0.5, 0.6) is 0 Å². The van der Waals surface area contributed by atoms with Crippen molar-refractivity contribution in [1.29, 1.82) is 0 Å². The topological polar surface area (TPSA) is 47.0 Å². The second-order valence-corrected chi connectivity index (χ2v) is 4.66. The quantitative estimate of drug-likeness (QED) is 0.850. The van der Waals surface area contributed by atoms with Gasteiger partial charge in [0.15, 0.2) is 5.82 Å². The fourth-order valence-corrected chi connectivity index (χ4v) is 2.18. The molecule has 0 amide bonds. The highest BCUT2D eigenvalue weighted by atomic mass is 127. The highest BCUT2D eigenvalue weighted by molar-refractivity contribution is 14.1. The van der Waals surface area contributed by atoms with Crippen LogP contribution in [0.4, 0.5) is 5.82 Å². The van der Waals surface area contributed by atoms with Gasteiger partial charge in [-0.1, -0.05) is 0 Å². The van der Waals surface area contributed by atoms with Gasteiger partial charge in [0.1, 0.15) is 11.9 Å². The average Bonchev–Trinajstić information content (AvgIpc) is 2.75. The standard InChI is InChI=1S/C10H14IN3O/c1-6-8(11)10(12-2)14-9(13-6)7-4-3-5-15-7/h7H,3-5H2,1-2H3,(H,12,13,14). The Labute approximate surface area is 103 Å². The summed E-state index contributed by atoms with van der Waals surface area (Å²) in [4.78, 5) is 8.96. The molecule has 2 heterocycles. The molecule has 0 aliphatic carbocycles. The molecule has 5 heteroatoms. The van der Waals surface area contributed by atoms with Crippen molar-refractivity contribution in [2.24, 2.45) is 0 Å². The predicted octanol–water partition coefficient (Wildman–Crippen LogP) is 2.28. The highest BCUT2D eigenvalue weighted by Gasteiger charge is 2.22. The van der Waals surface area contributed by atoms with Crippen molar-refractivity contribution < 1.29 is 4.74 Å². The Kier molecular flexibility index (Phi) is 3.40. The minimum absolute atomic E-state index is 0.0906. The molecule has 1 atom stereocenters. The van der Waals surface area contributed by atoms with E-state index in [1.807, 2.05) is 14.0 Å². The third-order valence-corrected chi connectivity index (χ3v) is 3.78. The lowest BCUT2D eigenvalue weighted by Crippen LogP contribution is -2.09. The van der Waals surface area contributed by atoms with Crippen molar-refractivity contribution in [2.45, 2.75) is 25.9 Å². The predicted molar refractivity (Wildman–Crippen MR) is 67.0 cm³/mol. The van der Waals surface area contributed by atoms with Crippen LogP contribution in [0.25, 0.3) is 0 Å². The SMILES string of the molecule is CNc1nc(C2CCCO2)nc(C)c1I. The molecule has 4 nitrogen and oxygen atoms in total. The summed E-state index contributed by atoms with van der Waals surface area (Å²) in [6, 6.07) is 0. The number of ether oxygens (including phenoxy) is 1. The molecule has 0 saturated carbocycles. The second kappa shape index (κ2) is 4.61. The highest BCUT2D eigenvalue weighted by Crippen LogP contribution is 2.28. The molecular formula is C10H14IN3O. The molecular weight excluding hydrogens is 305 g/mol. The van der Waals surface area contributed by atoms with Gasteiger partial charge in [0.25, 0.3) is 0 Å². The van der Waals surface area contributed by atoms with Crippen molar-refractivity contribution >= 4 is 28.4 Å². The van der Waals surface area contributed by atoms with Gasteiger partial charge in [0.2, 0.25) is 0 Å². The Balaban J connectivity index is 2.35. The maximum Gasteiger partial charge on any atom is 0.159 e. The van der Waals surface area contributed by atoms with Crippen LogP contribution in [0, 0.1) is 10.5 Å². The summed E-state index contributed by atoms with van der Waals surface area (Å²) in [5.74, 6) is 1.71. The van der Waals surface area contributed by atoms with E-state index in [-0.39, 0.29) is 6.10 Å². The van der Waals surface area contributed by atoms with Crippen LogP contribution in [0.1, 0.15) is 30.5 Å². The second-order valence-electron chi connectivity index (χ2n) is 3.58. The normalized spacial score (nSPS) is 20.6. The van der Waals surface area contributed by atoms with E-state index in [1.54, 1.807) is 0 Å². The van der Waals surface area contributed by atoms with Crippen molar-refractivity contribution in [3.05, 3.63) is 15.1 Å². The molecule has 15 heavy (non-hydrogen) atoms. The van der Waals surface area contributed by atoms with Gasteiger partial charge in [0.05, 0.1) is 9.26 Å². The number of nitrogens with one attached hydrogen (secondary N) is 1. The Bertz CT molecular complexity index is 364. The summed E-state index contributed by atoms with van der Waals surface area (Å²) in [6.07, 6.45) is 2.23. The van der Waals surface area contributed by atoms with E-state index in [4.69, 9.17) is 4.74 Å². The monoisotopic (exact) mass is 319 g/mol. The van der Waals surface area contributed by atoms with Gasteiger partial charge in [-0.3, -0.25) is 0 Å². The first kappa shape index (κ1) is 11.1. The van der Waals surface area contributed by atoms with Crippen molar-refractivity contribution in [3.63, 3.8) is 0 Å². The van der Waals surface area contributed by atoms with Gasteiger partial charge >= 0.3 is 0 Å². The lowest BCUT2D eigenvalue weighted by molar-refractivity contribution is 0.105. The first-order chi connectivity index (χ1) is 7.22. The van der Waals surface area contributed by atoms with Crippen LogP contribution in [-0.4, -0.2) is 23.6 Å². The molecule has 0 radical (unpaired) electrons. The third kappa shape index (κ3) is 2.23. The fraction of sp³-hybridized carbons (Fsp3) is 0.600. The zero-order chi connectivity index (χ0) is 10.8. The molecule has 0 bridgehead atoms. The van der Waals surface area contributed by atoms with Gasteiger partial charge in [-0.2, -0.15) is 0 Å². The zero-order valence-electron chi connectivity index (χ0n) is 8.88. The first-order valence-corrected chi connectivity index (χ1v) is 6.13. The van der Waals surface area contributed by atoms with Crippen LogP contribution >= 0.6 is 22.6 Å². The molecule has 82 valence electrons. The van der Waals surface area contributed by atoms with Crippen LogP contribution in [0.2, 0.25) is 0 Å². The molecule has 0 spiro atoms. The van der Waals surface area contributed by atoms with E-state index < -0.39 is 0 Å². The van der Waals surface area contributed by atoms with Crippen LogP contribution in [0.3, 0.4) is 0 Å². The third-order valence-electron chi connectivity index (χ3n) is 2.49. The van der Waals surface area contributed by atoms with Gasteiger partial charge in [0, 0.05) is 13.7 Å². The molecule has 0 aromatic carbocycles. The fourth-order valence-electron chi connectivity index (χ4n) is 1.67. The molecule has 1 aliphatic rings. The summed E-state index contributed by atoms with van der Waals surface area (Å²) in [7, 11) is 1.88.